The van der Waals surface area contributed by atoms with Gasteiger partial charge in [0.15, 0.2) is 0 Å². The average molecular weight is 234 g/mol. The topological polar surface area (TPSA) is 41.1 Å². The summed E-state index contributed by atoms with van der Waals surface area (Å²) >= 11 is 0. The summed E-state index contributed by atoms with van der Waals surface area (Å²) in [5.41, 5.74) is 0. The molecular weight excluding hydrogens is 212 g/mol. The highest BCUT2D eigenvalue weighted by Gasteiger charge is 2.06. The molecule has 0 saturated carbocycles. The molecule has 1 N–H and O–H groups in total. The molecule has 17 heavy (non-hydrogen) atoms. The molecule has 1 rings (SSSR count). The lowest BCUT2D eigenvalue weighted by atomic mass is 10.3. The standard InChI is InChI=1S/C13H22N4/c1-4-8-14-13-15-9-7-12(16-13)17(10-5-2)11-6-3/h4,7,9H,1,5-6,8,10-11H2,2-3H3,(H,14,15,16). The summed E-state index contributed by atoms with van der Waals surface area (Å²) in [6.07, 6.45) is 5.84. The van der Waals surface area contributed by atoms with Crippen LogP contribution in [0.5, 0.6) is 0 Å². The molecule has 1 heterocycles. The number of aromatic nitrogens is 2. The molecule has 4 nitrogen and oxygen atoms in total. The number of rotatable bonds is 8. The van der Waals surface area contributed by atoms with Crippen molar-refractivity contribution in [1.82, 2.24) is 9.97 Å². The Balaban J connectivity index is 2.75. The second-order valence-electron chi connectivity index (χ2n) is 3.90. The van der Waals surface area contributed by atoms with E-state index in [-0.39, 0.29) is 0 Å². The Hall–Kier alpha value is -1.58. The molecule has 0 aliphatic rings. The van der Waals surface area contributed by atoms with Crippen molar-refractivity contribution in [3.8, 4) is 0 Å². The van der Waals surface area contributed by atoms with Gasteiger partial charge in [0.1, 0.15) is 5.82 Å². The fraction of sp³-hybridized carbons (Fsp3) is 0.538. The number of hydrogen-bond donors (Lipinski definition) is 1. The molecule has 0 radical (unpaired) electrons. The molecule has 0 atom stereocenters. The van der Waals surface area contributed by atoms with Crippen LogP contribution in [0.25, 0.3) is 0 Å². The molecule has 0 amide bonds. The minimum atomic E-state index is 0.666. The van der Waals surface area contributed by atoms with Crippen LogP contribution in [-0.2, 0) is 0 Å². The van der Waals surface area contributed by atoms with Gasteiger partial charge in [-0.15, -0.1) is 6.58 Å². The smallest absolute Gasteiger partial charge is 0.224 e. The van der Waals surface area contributed by atoms with E-state index < -0.39 is 0 Å². The largest absolute Gasteiger partial charge is 0.356 e. The molecule has 4 heteroatoms. The van der Waals surface area contributed by atoms with Crippen LogP contribution in [0.15, 0.2) is 24.9 Å². The zero-order valence-corrected chi connectivity index (χ0v) is 10.8. The van der Waals surface area contributed by atoms with Crippen LogP contribution in [0, 0.1) is 0 Å². The van der Waals surface area contributed by atoms with E-state index in [9.17, 15) is 0 Å². The van der Waals surface area contributed by atoms with Gasteiger partial charge in [-0.25, -0.2) is 4.98 Å². The summed E-state index contributed by atoms with van der Waals surface area (Å²) in [5.74, 6) is 1.66. The van der Waals surface area contributed by atoms with Gasteiger partial charge in [-0.1, -0.05) is 19.9 Å². The lowest BCUT2D eigenvalue weighted by Gasteiger charge is -2.22. The molecule has 0 spiro atoms. The maximum Gasteiger partial charge on any atom is 0.224 e. The Morgan fingerprint density at radius 2 is 2.06 bits per heavy atom. The van der Waals surface area contributed by atoms with E-state index in [0.717, 1.165) is 31.7 Å². The van der Waals surface area contributed by atoms with Crippen LogP contribution < -0.4 is 10.2 Å². The lowest BCUT2D eigenvalue weighted by Crippen LogP contribution is -2.26. The van der Waals surface area contributed by atoms with Crippen LogP contribution in [0.3, 0.4) is 0 Å². The Morgan fingerprint density at radius 1 is 1.35 bits per heavy atom. The van der Waals surface area contributed by atoms with Gasteiger partial charge in [0, 0.05) is 25.8 Å². The summed E-state index contributed by atoms with van der Waals surface area (Å²) in [6.45, 7) is 10.8. The summed E-state index contributed by atoms with van der Waals surface area (Å²) in [7, 11) is 0. The van der Waals surface area contributed by atoms with E-state index in [4.69, 9.17) is 0 Å². The van der Waals surface area contributed by atoms with E-state index in [1.54, 1.807) is 12.3 Å². The van der Waals surface area contributed by atoms with Crippen molar-refractivity contribution in [2.45, 2.75) is 26.7 Å². The highest BCUT2D eigenvalue weighted by atomic mass is 15.2. The first-order chi connectivity index (χ1) is 8.31. The average Bonchev–Trinajstić information content (AvgIpc) is 2.36. The number of hydrogen-bond acceptors (Lipinski definition) is 4. The molecule has 1 aromatic heterocycles. The van der Waals surface area contributed by atoms with Gasteiger partial charge in [-0.2, -0.15) is 4.98 Å². The van der Waals surface area contributed by atoms with Crippen LogP contribution >= 0.6 is 0 Å². The van der Waals surface area contributed by atoms with Crippen molar-refractivity contribution < 1.29 is 0 Å². The molecule has 94 valence electrons. The van der Waals surface area contributed by atoms with Crippen LogP contribution in [0.2, 0.25) is 0 Å². The summed E-state index contributed by atoms with van der Waals surface area (Å²) in [5, 5.41) is 3.11. The molecule has 0 aromatic carbocycles. The Labute approximate surface area is 104 Å². The number of nitrogens with zero attached hydrogens (tertiary/aromatic N) is 3. The fourth-order valence-corrected chi connectivity index (χ4v) is 1.65. The summed E-state index contributed by atoms with van der Waals surface area (Å²) in [4.78, 5) is 11.0. The molecule has 0 aliphatic carbocycles. The zero-order chi connectivity index (χ0) is 12.5. The fourth-order valence-electron chi connectivity index (χ4n) is 1.65. The van der Waals surface area contributed by atoms with E-state index in [2.05, 4.69) is 40.6 Å². The van der Waals surface area contributed by atoms with E-state index in [1.165, 1.54) is 0 Å². The molecule has 1 aromatic rings. The molecule has 0 saturated heterocycles. The second kappa shape index (κ2) is 7.65. The zero-order valence-electron chi connectivity index (χ0n) is 10.8. The quantitative estimate of drug-likeness (QED) is 0.702. The molecule has 0 fully saturated rings. The lowest BCUT2D eigenvalue weighted by molar-refractivity contribution is 0.733. The highest BCUT2D eigenvalue weighted by molar-refractivity contribution is 5.42. The Morgan fingerprint density at radius 3 is 2.65 bits per heavy atom. The normalized spacial score (nSPS) is 10.0. The third-order valence-electron chi connectivity index (χ3n) is 2.36. The van der Waals surface area contributed by atoms with E-state index in [0.29, 0.717) is 12.5 Å². The summed E-state index contributed by atoms with van der Waals surface area (Å²) < 4.78 is 0. The first kappa shape index (κ1) is 13.5. The summed E-state index contributed by atoms with van der Waals surface area (Å²) in [6, 6.07) is 1.96. The van der Waals surface area contributed by atoms with Gasteiger partial charge in [-0.05, 0) is 18.9 Å². The third kappa shape index (κ3) is 4.43. The van der Waals surface area contributed by atoms with Gasteiger partial charge in [0.05, 0.1) is 0 Å². The highest BCUT2D eigenvalue weighted by Crippen LogP contribution is 2.12. The van der Waals surface area contributed by atoms with Gasteiger partial charge >= 0.3 is 0 Å². The minimum absolute atomic E-state index is 0.666. The van der Waals surface area contributed by atoms with E-state index >= 15 is 0 Å². The van der Waals surface area contributed by atoms with Gasteiger partial charge in [-0.3, -0.25) is 0 Å². The van der Waals surface area contributed by atoms with Crippen molar-refractivity contribution in [3.63, 3.8) is 0 Å². The molecule has 0 aliphatic heterocycles. The van der Waals surface area contributed by atoms with Crippen molar-refractivity contribution in [3.05, 3.63) is 24.9 Å². The predicted octanol–water partition coefficient (Wildman–Crippen LogP) is 2.70. The van der Waals surface area contributed by atoms with Gasteiger partial charge in [0.25, 0.3) is 0 Å². The first-order valence-corrected chi connectivity index (χ1v) is 6.24. The Bertz CT molecular complexity index is 332. The number of anilines is 2. The first-order valence-electron chi connectivity index (χ1n) is 6.24. The van der Waals surface area contributed by atoms with Crippen molar-refractivity contribution >= 4 is 11.8 Å². The SMILES string of the molecule is C=CCNc1nccc(N(CCC)CCC)n1. The van der Waals surface area contributed by atoms with Gasteiger partial charge in [0.2, 0.25) is 5.95 Å². The minimum Gasteiger partial charge on any atom is -0.356 e. The predicted molar refractivity (Wildman–Crippen MR) is 73.5 cm³/mol. The van der Waals surface area contributed by atoms with Crippen LogP contribution in [0.4, 0.5) is 11.8 Å². The molecule has 0 unspecified atom stereocenters. The van der Waals surface area contributed by atoms with Crippen molar-refractivity contribution in [1.29, 1.82) is 0 Å². The third-order valence-corrected chi connectivity index (χ3v) is 2.36. The maximum absolute atomic E-state index is 4.50. The monoisotopic (exact) mass is 234 g/mol. The van der Waals surface area contributed by atoms with Crippen LogP contribution in [0.1, 0.15) is 26.7 Å². The maximum atomic E-state index is 4.50. The number of nitrogens with one attached hydrogen (secondary N) is 1. The van der Waals surface area contributed by atoms with Crippen LogP contribution in [-0.4, -0.2) is 29.6 Å². The Kier molecular flexibility index (Phi) is 6.07. The second-order valence-corrected chi connectivity index (χ2v) is 3.90. The van der Waals surface area contributed by atoms with Crippen molar-refractivity contribution in [2.75, 3.05) is 29.9 Å². The molecular formula is C13H22N4. The van der Waals surface area contributed by atoms with E-state index in [1.807, 2.05) is 6.07 Å². The van der Waals surface area contributed by atoms with Gasteiger partial charge < -0.3 is 10.2 Å². The molecule has 0 bridgehead atoms. The van der Waals surface area contributed by atoms with Crippen molar-refractivity contribution in [2.24, 2.45) is 0 Å².